The summed E-state index contributed by atoms with van der Waals surface area (Å²) in [6.45, 7) is 6.23. The van der Waals surface area contributed by atoms with Crippen molar-refractivity contribution in [3.05, 3.63) is 70.8 Å². The Morgan fingerprint density at radius 3 is 2.54 bits per heavy atom. The van der Waals surface area contributed by atoms with Crippen molar-refractivity contribution < 1.29 is 9.59 Å². The number of aryl methyl sites for hydroxylation is 1. The van der Waals surface area contributed by atoms with E-state index in [0.29, 0.717) is 12.5 Å². The number of ketones is 1. The van der Waals surface area contributed by atoms with Crippen LogP contribution in [0.25, 0.3) is 0 Å². The number of carbonyl (C=O) groups is 2. The van der Waals surface area contributed by atoms with Crippen molar-refractivity contribution in [2.24, 2.45) is 5.92 Å². The molecule has 2 aliphatic heterocycles. The average molecular weight is 377 g/mol. The molecular weight excluding hydrogens is 348 g/mol. The first-order chi connectivity index (χ1) is 13.7. The molecule has 0 radical (unpaired) electrons. The van der Waals surface area contributed by atoms with Gasteiger partial charge in [0.1, 0.15) is 6.29 Å². The van der Waals surface area contributed by atoms with Crippen molar-refractivity contribution in [3.63, 3.8) is 0 Å². The maximum Gasteiger partial charge on any atom is 0.177 e. The fraction of sp³-hybridized carbons (Fsp3) is 0.417. The molecule has 4 nitrogen and oxygen atoms in total. The highest BCUT2D eigenvalue weighted by Gasteiger charge is 2.32. The fourth-order valence-corrected chi connectivity index (χ4v) is 4.65. The largest absolute Gasteiger partial charge is 0.301 e. The van der Waals surface area contributed by atoms with Gasteiger partial charge in [-0.2, -0.15) is 0 Å². The second-order valence-corrected chi connectivity index (χ2v) is 8.17. The molecule has 0 spiro atoms. The van der Waals surface area contributed by atoms with E-state index in [1.807, 2.05) is 43.3 Å². The molecule has 4 heteroatoms. The van der Waals surface area contributed by atoms with Crippen molar-refractivity contribution in [3.8, 4) is 0 Å². The van der Waals surface area contributed by atoms with Gasteiger partial charge in [0.05, 0.1) is 12.6 Å². The Bertz CT molecular complexity index is 855. The predicted molar refractivity (Wildman–Crippen MR) is 110 cm³/mol. The topological polar surface area (TPSA) is 40.6 Å². The second kappa shape index (κ2) is 8.38. The van der Waals surface area contributed by atoms with Crippen LogP contribution in [0.15, 0.2) is 48.5 Å². The van der Waals surface area contributed by atoms with Crippen molar-refractivity contribution in [1.82, 2.24) is 9.80 Å². The molecule has 1 fully saturated rings. The highest BCUT2D eigenvalue weighted by Crippen LogP contribution is 2.34. The Hall–Kier alpha value is -2.30. The lowest BCUT2D eigenvalue weighted by Gasteiger charge is -2.34. The van der Waals surface area contributed by atoms with Crippen molar-refractivity contribution >= 4 is 12.1 Å². The first kappa shape index (κ1) is 19.0. The zero-order valence-corrected chi connectivity index (χ0v) is 16.5. The SMILES string of the molecule is Cc1ccccc1C(=O)CN1CCC(CN2Cc3ccccc3C2C=O)CC1. The van der Waals surface area contributed by atoms with Crippen molar-refractivity contribution in [2.45, 2.75) is 32.4 Å². The van der Waals surface area contributed by atoms with Gasteiger partial charge in [-0.15, -0.1) is 0 Å². The molecule has 0 bridgehead atoms. The van der Waals surface area contributed by atoms with E-state index in [-0.39, 0.29) is 11.8 Å². The van der Waals surface area contributed by atoms with Crippen LogP contribution in [0, 0.1) is 12.8 Å². The van der Waals surface area contributed by atoms with Crippen LogP contribution in [0.2, 0.25) is 0 Å². The minimum absolute atomic E-state index is 0.100. The number of hydrogen-bond donors (Lipinski definition) is 0. The number of nitrogens with zero attached hydrogens (tertiary/aromatic N) is 2. The molecule has 0 aromatic heterocycles. The third-order valence-corrected chi connectivity index (χ3v) is 6.28. The normalized spacial score (nSPS) is 20.8. The van der Waals surface area contributed by atoms with Gasteiger partial charge >= 0.3 is 0 Å². The number of aldehydes is 1. The smallest absolute Gasteiger partial charge is 0.177 e. The molecule has 2 aliphatic rings. The van der Waals surface area contributed by atoms with Crippen molar-refractivity contribution in [1.29, 1.82) is 0 Å². The molecule has 28 heavy (non-hydrogen) atoms. The third kappa shape index (κ3) is 3.94. The number of fused-ring (bicyclic) bond motifs is 1. The summed E-state index contributed by atoms with van der Waals surface area (Å²) in [5, 5.41) is 0. The molecule has 0 aliphatic carbocycles. The number of Topliss-reactive ketones (excluding diaryl/α,β-unsaturated/α-hetero) is 1. The number of likely N-dealkylation sites (tertiary alicyclic amines) is 1. The van der Waals surface area contributed by atoms with E-state index in [1.165, 1.54) is 11.1 Å². The third-order valence-electron chi connectivity index (χ3n) is 6.28. The van der Waals surface area contributed by atoms with Gasteiger partial charge in [0.2, 0.25) is 0 Å². The van der Waals surface area contributed by atoms with Crippen LogP contribution in [-0.2, 0) is 11.3 Å². The summed E-state index contributed by atoms with van der Waals surface area (Å²) in [4.78, 5) is 28.9. The highest BCUT2D eigenvalue weighted by molar-refractivity contribution is 5.98. The standard InChI is InChI=1S/C24H28N2O2/c1-18-6-2-4-8-21(18)24(28)16-25-12-10-19(11-13-25)14-26-15-20-7-3-5-9-22(20)23(26)17-27/h2-9,17,19,23H,10-16H2,1H3. The summed E-state index contributed by atoms with van der Waals surface area (Å²) in [5.41, 5.74) is 4.34. The number of benzene rings is 2. The van der Waals surface area contributed by atoms with E-state index >= 15 is 0 Å². The zero-order valence-electron chi connectivity index (χ0n) is 16.5. The Morgan fingerprint density at radius 2 is 1.79 bits per heavy atom. The van der Waals surface area contributed by atoms with Gasteiger partial charge in [0.15, 0.2) is 5.78 Å². The summed E-state index contributed by atoms with van der Waals surface area (Å²) < 4.78 is 0. The van der Waals surface area contributed by atoms with Crippen LogP contribution in [0.3, 0.4) is 0 Å². The van der Waals surface area contributed by atoms with Gasteiger partial charge in [-0.25, -0.2) is 0 Å². The first-order valence-electron chi connectivity index (χ1n) is 10.2. The van der Waals surface area contributed by atoms with Crippen LogP contribution < -0.4 is 0 Å². The summed E-state index contributed by atoms with van der Waals surface area (Å²) in [6.07, 6.45) is 3.25. The molecule has 0 amide bonds. The van der Waals surface area contributed by atoms with Crippen molar-refractivity contribution in [2.75, 3.05) is 26.2 Å². The molecule has 1 atom stereocenters. The maximum absolute atomic E-state index is 12.6. The molecule has 2 aromatic rings. The Labute approximate surface area is 167 Å². The minimum Gasteiger partial charge on any atom is -0.301 e. The molecule has 1 saturated heterocycles. The summed E-state index contributed by atoms with van der Waals surface area (Å²) in [5.74, 6) is 0.800. The average Bonchev–Trinajstić information content (AvgIpc) is 3.06. The van der Waals surface area contributed by atoms with E-state index in [1.54, 1.807) is 0 Å². The van der Waals surface area contributed by atoms with Gasteiger partial charge in [0.25, 0.3) is 0 Å². The molecule has 2 aromatic carbocycles. The number of carbonyl (C=O) groups excluding carboxylic acids is 2. The Kier molecular flexibility index (Phi) is 5.69. The highest BCUT2D eigenvalue weighted by atomic mass is 16.1. The summed E-state index contributed by atoms with van der Waals surface area (Å²) in [7, 11) is 0. The molecule has 4 rings (SSSR count). The minimum atomic E-state index is -0.100. The zero-order chi connectivity index (χ0) is 19.5. The molecule has 2 heterocycles. The molecule has 146 valence electrons. The number of hydrogen-bond acceptors (Lipinski definition) is 4. The first-order valence-corrected chi connectivity index (χ1v) is 10.2. The second-order valence-electron chi connectivity index (χ2n) is 8.17. The van der Waals surface area contributed by atoms with Gasteiger partial charge < -0.3 is 4.79 Å². The van der Waals surface area contributed by atoms with E-state index in [2.05, 4.69) is 21.9 Å². The van der Waals surface area contributed by atoms with Crippen LogP contribution in [-0.4, -0.2) is 48.0 Å². The van der Waals surface area contributed by atoms with Crippen LogP contribution >= 0.6 is 0 Å². The van der Waals surface area contributed by atoms with Gasteiger partial charge in [0, 0.05) is 18.7 Å². The van der Waals surface area contributed by atoms with E-state index in [0.717, 1.165) is 56.4 Å². The summed E-state index contributed by atoms with van der Waals surface area (Å²) >= 11 is 0. The van der Waals surface area contributed by atoms with Crippen LogP contribution in [0.1, 0.15) is 45.9 Å². The molecule has 1 unspecified atom stereocenters. The van der Waals surface area contributed by atoms with Crippen LogP contribution in [0.5, 0.6) is 0 Å². The van der Waals surface area contributed by atoms with E-state index < -0.39 is 0 Å². The van der Waals surface area contributed by atoms with E-state index in [9.17, 15) is 9.59 Å². The number of rotatable bonds is 6. The fourth-order valence-electron chi connectivity index (χ4n) is 4.65. The molecule has 0 saturated carbocycles. The van der Waals surface area contributed by atoms with Gasteiger partial charge in [-0.05, 0) is 55.5 Å². The van der Waals surface area contributed by atoms with Gasteiger partial charge in [-0.1, -0.05) is 48.5 Å². The number of piperidine rings is 1. The van der Waals surface area contributed by atoms with Crippen LogP contribution in [0.4, 0.5) is 0 Å². The lowest BCUT2D eigenvalue weighted by atomic mass is 9.95. The Morgan fingerprint density at radius 1 is 1.07 bits per heavy atom. The summed E-state index contributed by atoms with van der Waals surface area (Å²) in [6, 6.07) is 16.0. The lowest BCUT2D eigenvalue weighted by Crippen LogP contribution is -2.40. The van der Waals surface area contributed by atoms with Gasteiger partial charge in [-0.3, -0.25) is 14.6 Å². The lowest BCUT2D eigenvalue weighted by molar-refractivity contribution is -0.112. The molecular formula is C24H28N2O2. The van der Waals surface area contributed by atoms with E-state index in [4.69, 9.17) is 0 Å². The maximum atomic E-state index is 12.6. The molecule has 0 N–H and O–H groups in total. The quantitative estimate of drug-likeness (QED) is 0.570. The predicted octanol–water partition coefficient (Wildman–Crippen LogP) is 3.65. The monoisotopic (exact) mass is 376 g/mol. The Balaban J connectivity index is 1.30.